The number of carbonyl (C=O) groups is 2. The van der Waals surface area contributed by atoms with Crippen LogP contribution in [0.4, 0.5) is 4.79 Å². The third kappa shape index (κ3) is 3.42. The summed E-state index contributed by atoms with van der Waals surface area (Å²) in [5.41, 5.74) is 1.60. The van der Waals surface area contributed by atoms with Crippen LogP contribution in [-0.4, -0.2) is 76.6 Å². The Hall–Kier alpha value is -2.38. The Bertz CT molecular complexity index is 865. The number of benzene rings is 1. The van der Waals surface area contributed by atoms with Crippen molar-refractivity contribution < 1.29 is 14.3 Å². The van der Waals surface area contributed by atoms with E-state index >= 15 is 0 Å². The number of amides is 3. The lowest BCUT2D eigenvalue weighted by molar-refractivity contribution is -0.136. The third-order valence-corrected chi connectivity index (χ3v) is 6.27. The molecule has 0 radical (unpaired) electrons. The van der Waals surface area contributed by atoms with Crippen LogP contribution in [-0.2, 0) is 16.1 Å². The number of hydrogen-bond donors (Lipinski definition) is 1. The molecule has 29 heavy (non-hydrogen) atoms. The number of nitrogens with one attached hydrogen (secondary N) is 1. The van der Waals surface area contributed by atoms with Crippen molar-refractivity contribution >= 4 is 22.8 Å². The van der Waals surface area contributed by atoms with Crippen molar-refractivity contribution in [1.82, 2.24) is 19.7 Å². The molecule has 2 aliphatic heterocycles. The van der Waals surface area contributed by atoms with Gasteiger partial charge in [0.05, 0.1) is 6.61 Å². The molecule has 7 nitrogen and oxygen atoms in total. The number of likely N-dealkylation sites (tertiary alicyclic amines) is 1. The summed E-state index contributed by atoms with van der Waals surface area (Å²) in [5.74, 6) is -0.0427. The molecule has 7 heteroatoms. The molecule has 0 atom stereocenters. The number of rotatable bonds is 6. The molecule has 0 saturated carbocycles. The molecule has 0 bridgehead atoms. The lowest BCUT2D eigenvalue weighted by atomic mass is 9.85. The molecule has 2 fully saturated rings. The smallest absolute Gasteiger partial charge is 0.327 e. The predicted octanol–water partition coefficient (Wildman–Crippen LogP) is 2.82. The molecule has 4 rings (SSSR count). The SMILES string of the molecule is COCCN1C(=O)N(C(C)C)C(=O)C12CCN(Cc1cc3ccccc3[nH]1)CC2. The average Bonchev–Trinajstić information content (AvgIpc) is 3.19. The third-order valence-electron chi connectivity index (χ3n) is 6.27. The van der Waals surface area contributed by atoms with Crippen LogP contribution in [0.15, 0.2) is 30.3 Å². The first-order valence-electron chi connectivity index (χ1n) is 10.4. The Balaban J connectivity index is 1.49. The van der Waals surface area contributed by atoms with E-state index in [4.69, 9.17) is 4.74 Å². The summed E-state index contributed by atoms with van der Waals surface area (Å²) in [5, 5.41) is 1.21. The molecule has 0 unspecified atom stereocenters. The Labute approximate surface area is 171 Å². The molecule has 1 N–H and O–H groups in total. The number of hydrogen-bond acceptors (Lipinski definition) is 4. The highest BCUT2D eigenvalue weighted by Crippen LogP contribution is 2.38. The maximum atomic E-state index is 13.3. The number of H-pyrrole nitrogens is 1. The van der Waals surface area contributed by atoms with E-state index in [0.717, 1.165) is 25.2 Å². The molecular weight excluding hydrogens is 368 g/mol. The van der Waals surface area contributed by atoms with Crippen molar-refractivity contribution in [2.75, 3.05) is 33.4 Å². The van der Waals surface area contributed by atoms with Crippen LogP contribution in [0.2, 0.25) is 0 Å². The number of aromatic amines is 1. The molecule has 3 heterocycles. The van der Waals surface area contributed by atoms with E-state index in [-0.39, 0.29) is 18.0 Å². The minimum absolute atomic E-state index is 0.0427. The summed E-state index contributed by atoms with van der Waals surface area (Å²) in [6, 6.07) is 10.1. The number of carbonyl (C=O) groups excluding carboxylic acids is 2. The van der Waals surface area contributed by atoms with Crippen molar-refractivity contribution in [2.45, 2.75) is 44.8 Å². The summed E-state index contributed by atoms with van der Waals surface area (Å²) in [7, 11) is 1.62. The van der Waals surface area contributed by atoms with Crippen LogP contribution in [0, 0.1) is 0 Å². The van der Waals surface area contributed by atoms with Crippen LogP contribution < -0.4 is 0 Å². The number of piperidine rings is 1. The van der Waals surface area contributed by atoms with Gasteiger partial charge in [-0.15, -0.1) is 0 Å². The van der Waals surface area contributed by atoms with Gasteiger partial charge in [0.1, 0.15) is 5.54 Å². The zero-order valence-electron chi connectivity index (χ0n) is 17.5. The molecule has 2 aromatic rings. The van der Waals surface area contributed by atoms with Gasteiger partial charge in [-0.25, -0.2) is 4.79 Å². The van der Waals surface area contributed by atoms with Crippen molar-refractivity contribution in [2.24, 2.45) is 0 Å². The van der Waals surface area contributed by atoms with Gasteiger partial charge in [-0.05, 0) is 44.2 Å². The first-order chi connectivity index (χ1) is 14.0. The maximum Gasteiger partial charge on any atom is 0.327 e. The largest absolute Gasteiger partial charge is 0.383 e. The fourth-order valence-corrected chi connectivity index (χ4v) is 4.71. The van der Waals surface area contributed by atoms with Crippen LogP contribution >= 0.6 is 0 Å². The number of imide groups is 1. The number of urea groups is 1. The number of methoxy groups -OCH3 is 1. The van der Waals surface area contributed by atoms with Gasteiger partial charge in [0.2, 0.25) is 0 Å². The lowest BCUT2D eigenvalue weighted by Gasteiger charge is -2.42. The van der Waals surface area contributed by atoms with Gasteiger partial charge >= 0.3 is 6.03 Å². The Morgan fingerprint density at radius 3 is 2.55 bits per heavy atom. The standard InChI is InChI=1S/C22H30N4O3/c1-16(2)26-20(27)22(25(21(26)28)12-13-29-3)8-10-24(11-9-22)15-18-14-17-6-4-5-7-19(17)23-18/h4-7,14,16,23H,8-13,15H2,1-3H3. The number of nitrogens with zero attached hydrogens (tertiary/aromatic N) is 3. The van der Waals surface area contributed by atoms with Crippen LogP contribution in [0.25, 0.3) is 10.9 Å². The van der Waals surface area contributed by atoms with Crippen LogP contribution in [0.3, 0.4) is 0 Å². The molecule has 3 amide bonds. The highest BCUT2D eigenvalue weighted by molar-refractivity contribution is 6.07. The van der Waals surface area contributed by atoms with Crippen molar-refractivity contribution in [1.29, 1.82) is 0 Å². The van der Waals surface area contributed by atoms with E-state index in [2.05, 4.69) is 28.1 Å². The second-order valence-electron chi connectivity index (χ2n) is 8.39. The predicted molar refractivity (Wildman–Crippen MR) is 112 cm³/mol. The average molecular weight is 399 g/mol. The van der Waals surface area contributed by atoms with Crippen LogP contribution in [0.1, 0.15) is 32.4 Å². The number of aromatic nitrogens is 1. The first kappa shape index (κ1) is 19.9. The topological polar surface area (TPSA) is 68.9 Å². The molecule has 1 aromatic carbocycles. The van der Waals surface area contributed by atoms with E-state index in [0.29, 0.717) is 26.0 Å². The molecule has 2 aliphatic rings. The van der Waals surface area contributed by atoms with Crippen molar-refractivity contribution in [3.8, 4) is 0 Å². The summed E-state index contributed by atoms with van der Waals surface area (Å²) in [6.07, 6.45) is 1.31. The Kier molecular flexibility index (Phi) is 5.36. The second kappa shape index (κ2) is 7.80. The van der Waals surface area contributed by atoms with Crippen molar-refractivity contribution in [3.63, 3.8) is 0 Å². The van der Waals surface area contributed by atoms with Gasteiger partial charge in [0.25, 0.3) is 5.91 Å². The monoisotopic (exact) mass is 398 g/mol. The second-order valence-corrected chi connectivity index (χ2v) is 8.39. The molecule has 2 saturated heterocycles. The summed E-state index contributed by atoms with van der Waals surface area (Å²) in [6.45, 7) is 7.06. The zero-order valence-corrected chi connectivity index (χ0v) is 17.5. The van der Waals surface area contributed by atoms with E-state index < -0.39 is 5.54 Å². The highest BCUT2D eigenvalue weighted by Gasteiger charge is 2.58. The summed E-state index contributed by atoms with van der Waals surface area (Å²) in [4.78, 5) is 35.3. The quantitative estimate of drug-likeness (QED) is 0.760. The normalized spacial score (nSPS) is 20.0. The molecule has 0 aliphatic carbocycles. The summed E-state index contributed by atoms with van der Waals surface area (Å²) >= 11 is 0. The lowest BCUT2D eigenvalue weighted by Crippen LogP contribution is -2.57. The van der Waals surface area contributed by atoms with E-state index in [1.165, 1.54) is 16.0 Å². The minimum atomic E-state index is -0.725. The highest BCUT2D eigenvalue weighted by atomic mass is 16.5. The summed E-state index contributed by atoms with van der Waals surface area (Å²) < 4.78 is 5.21. The van der Waals surface area contributed by atoms with E-state index in [1.807, 2.05) is 26.0 Å². The van der Waals surface area contributed by atoms with Gasteiger partial charge in [0.15, 0.2) is 0 Å². The van der Waals surface area contributed by atoms with Crippen LogP contribution in [0.5, 0.6) is 0 Å². The maximum absolute atomic E-state index is 13.3. The Morgan fingerprint density at radius 1 is 1.17 bits per heavy atom. The molecule has 1 spiro atoms. The number of ether oxygens (including phenoxy) is 1. The van der Waals surface area contributed by atoms with E-state index in [1.54, 1.807) is 12.0 Å². The van der Waals surface area contributed by atoms with E-state index in [9.17, 15) is 9.59 Å². The first-order valence-corrected chi connectivity index (χ1v) is 10.4. The number of para-hydroxylation sites is 1. The van der Waals surface area contributed by atoms with Gasteiger partial charge in [-0.2, -0.15) is 0 Å². The molecule has 156 valence electrons. The fraction of sp³-hybridized carbons (Fsp3) is 0.545. The fourth-order valence-electron chi connectivity index (χ4n) is 4.71. The zero-order chi connectivity index (χ0) is 20.6. The van der Waals surface area contributed by atoms with Gasteiger partial charge in [-0.3, -0.25) is 14.6 Å². The van der Waals surface area contributed by atoms with Gasteiger partial charge in [-0.1, -0.05) is 18.2 Å². The molecular formula is C22H30N4O3. The van der Waals surface area contributed by atoms with Gasteiger partial charge in [0, 0.05) is 50.5 Å². The van der Waals surface area contributed by atoms with Crippen molar-refractivity contribution in [3.05, 3.63) is 36.0 Å². The molecule has 1 aromatic heterocycles. The minimum Gasteiger partial charge on any atom is -0.383 e. The number of fused-ring (bicyclic) bond motifs is 1. The van der Waals surface area contributed by atoms with Gasteiger partial charge < -0.3 is 14.6 Å². The Morgan fingerprint density at radius 2 is 1.90 bits per heavy atom.